The summed E-state index contributed by atoms with van der Waals surface area (Å²) in [5.41, 5.74) is 2.17. The van der Waals surface area contributed by atoms with Gasteiger partial charge in [0.15, 0.2) is 0 Å². The van der Waals surface area contributed by atoms with Crippen molar-refractivity contribution in [3.63, 3.8) is 0 Å². The van der Waals surface area contributed by atoms with Gasteiger partial charge in [0.1, 0.15) is 0 Å². The van der Waals surface area contributed by atoms with Gasteiger partial charge in [-0.3, -0.25) is 0 Å². The van der Waals surface area contributed by atoms with Crippen LogP contribution in [0.5, 0.6) is 0 Å². The second-order valence-electron chi connectivity index (χ2n) is 3.93. The van der Waals surface area contributed by atoms with E-state index >= 15 is 0 Å². The Kier molecular flexibility index (Phi) is 9.38. The molecular formula is C17H25N. The minimum atomic E-state index is 0.207. The molecule has 1 nitrogen and oxygen atoms in total. The van der Waals surface area contributed by atoms with Crippen LogP contribution in [-0.2, 0) is 0 Å². The van der Waals surface area contributed by atoms with Gasteiger partial charge in [-0.15, -0.1) is 0 Å². The average Bonchev–Trinajstić information content (AvgIpc) is 2.39. The van der Waals surface area contributed by atoms with Gasteiger partial charge < -0.3 is 5.32 Å². The molecule has 0 aliphatic rings. The van der Waals surface area contributed by atoms with Gasteiger partial charge in [-0.25, -0.2) is 0 Å². The van der Waals surface area contributed by atoms with E-state index in [1.807, 2.05) is 37.3 Å². The maximum absolute atomic E-state index is 3.85. The summed E-state index contributed by atoms with van der Waals surface area (Å²) in [4.78, 5) is 0. The zero-order valence-electron chi connectivity index (χ0n) is 11.8. The van der Waals surface area contributed by atoms with Crippen LogP contribution in [0, 0.1) is 0 Å². The first-order valence-corrected chi connectivity index (χ1v) is 6.40. The summed E-state index contributed by atoms with van der Waals surface area (Å²) in [5.74, 6) is 0. The molecule has 1 unspecified atom stereocenters. The number of rotatable bonds is 8. The second kappa shape index (κ2) is 10.4. The molecule has 18 heavy (non-hydrogen) atoms. The Morgan fingerprint density at radius 1 is 1.17 bits per heavy atom. The topological polar surface area (TPSA) is 12.0 Å². The zero-order chi connectivity index (χ0) is 13.8. The lowest BCUT2D eigenvalue weighted by Gasteiger charge is -2.16. The van der Waals surface area contributed by atoms with Crippen molar-refractivity contribution in [1.29, 1.82) is 0 Å². The fourth-order valence-corrected chi connectivity index (χ4v) is 1.41. The molecule has 0 spiro atoms. The molecular weight excluding hydrogens is 218 g/mol. The van der Waals surface area contributed by atoms with Crippen LogP contribution in [-0.4, -0.2) is 6.04 Å². The molecule has 0 aromatic heterocycles. The van der Waals surface area contributed by atoms with Gasteiger partial charge in [0.2, 0.25) is 0 Å². The number of allylic oxidation sites excluding steroid dienone is 7. The van der Waals surface area contributed by atoms with Crippen molar-refractivity contribution in [2.24, 2.45) is 0 Å². The minimum absolute atomic E-state index is 0.207. The lowest BCUT2D eigenvalue weighted by Crippen LogP contribution is -2.25. The molecule has 0 saturated heterocycles. The summed E-state index contributed by atoms with van der Waals surface area (Å²) in [6.07, 6.45) is 17.0. The van der Waals surface area contributed by atoms with Gasteiger partial charge in [-0.2, -0.15) is 0 Å². The second-order valence-corrected chi connectivity index (χ2v) is 3.93. The first-order valence-electron chi connectivity index (χ1n) is 6.40. The molecule has 0 heterocycles. The molecule has 0 saturated carbocycles. The predicted molar refractivity (Wildman–Crippen MR) is 83.4 cm³/mol. The van der Waals surface area contributed by atoms with E-state index < -0.39 is 0 Å². The van der Waals surface area contributed by atoms with Crippen molar-refractivity contribution in [3.05, 3.63) is 73.0 Å². The van der Waals surface area contributed by atoms with Crippen LogP contribution in [0.1, 0.15) is 27.2 Å². The third-order valence-corrected chi connectivity index (χ3v) is 2.47. The fourth-order valence-electron chi connectivity index (χ4n) is 1.41. The highest BCUT2D eigenvalue weighted by molar-refractivity contribution is 5.30. The highest BCUT2D eigenvalue weighted by atomic mass is 14.9. The number of hydrogen-bond donors (Lipinski definition) is 1. The molecule has 0 fully saturated rings. The van der Waals surface area contributed by atoms with Gasteiger partial charge in [0.05, 0.1) is 0 Å². The number of hydrogen-bond acceptors (Lipinski definition) is 1. The van der Waals surface area contributed by atoms with E-state index in [2.05, 4.69) is 50.6 Å². The molecule has 0 rings (SSSR count). The first kappa shape index (κ1) is 16.2. The van der Waals surface area contributed by atoms with E-state index in [0.717, 1.165) is 17.7 Å². The Bertz CT molecular complexity index is 367. The highest BCUT2D eigenvalue weighted by Crippen LogP contribution is 2.07. The molecule has 1 N–H and O–H groups in total. The Labute approximate surface area is 112 Å². The summed E-state index contributed by atoms with van der Waals surface area (Å²) in [5, 5.41) is 3.40. The van der Waals surface area contributed by atoms with Crippen LogP contribution in [0.25, 0.3) is 0 Å². The molecule has 1 atom stereocenters. The lowest BCUT2D eigenvalue weighted by atomic mass is 10.1. The SMILES string of the molecule is C=C/C(=C\C=C/C)NC(C)/C(C=C)=C/C=C\CC. The summed E-state index contributed by atoms with van der Waals surface area (Å²) < 4.78 is 0. The Morgan fingerprint density at radius 3 is 2.39 bits per heavy atom. The van der Waals surface area contributed by atoms with Crippen LogP contribution in [0.2, 0.25) is 0 Å². The molecule has 0 aromatic carbocycles. The number of nitrogens with one attached hydrogen (secondary N) is 1. The molecule has 0 aliphatic heterocycles. The Balaban J connectivity index is 4.74. The van der Waals surface area contributed by atoms with Crippen LogP contribution in [0.4, 0.5) is 0 Å². The Hall–Kier alpha value is -1.76. The van der Waals surface area contributed by atoms with Crippen molar-refractivity contribution in [2.45, 2.75) is 33.2 Å². The van der Waals surface area contributed by atoms with Gasteiger partial charge in [0, 0.05) is 11.7 Å². The molecule has 0 aliphatic carbocycles. The predicted octanol–water partition coefficient (Wildman–Crippen LogP) is 4.69. The maximum atomic E-state index is 3.85. The standard InChI is InChI=1S/C17H25N/c1-6-10-12-13-16(8-3)15(5)18-17(9-4)14-11-7-2/h7-15,18H,3-4,6H2,1-2,5H3/b11-7-,12-10-,16-13+,17-14+. The molecule has 0 bridgehead atoms. The fraction of sp³-hybridized carbons (Fsp3) is 0.294. The van der Waals surface area contributed by atoms with Gasteiger partial charge in [-0.1, -0.05) is 56.5 Å². The van der Waals surface area contributed by atoms with Gasteiger partial charge >= 0.3 is 0 Å². The van der Waals surface area contributed by atoms with E-state index in [1.165, 1.54) is 0 Å². The van der Waals surface area contributed by atoms with E-state index in [4.69, 9.17) is 0 Å². The van der Waals surface area contributed by atoms with Crippen molar-refractivity contribution >= 4 is 0 Å². The van der Waals surface area contributed by atoms with Crippen molar-refractivity contribution in [2.75, 3.05) is 0 Å². The highest BCUT2D eigenvalue weighted by Gasteiger charge is 2.04. The van der Waals surface area contributed by atoms with Gasteiger partial charge in [-0.05, 0) is 38.0 Å². The van der Waals surface area contributed by atoms with Crippen LogP contribution in [0.3, 0.4) is 0 Å². The summed E-state index contributed by atoms with van der Waals surface area (Å²) in [6.45, 7) is 13.9. The molecule has 0 aromatic rings. The quantitative estimate of drug-likeness (QED) is 0.610. The summed E-state index contributed by atoms with van der Waals surface area (Å²) >= 11 is 0. The van der Waals surface area contributed by atoms with E-state index in [1.54, 1.807) is 0 Å². The molecule has 0 amide bonds. The lowest BCUT2D eigenvalue weighted by molar-refractivity contribution is 0.719. The summed E-state index contributed by atoms with van der Waals surface area (Å²) in [6, 6.07) is 0.207. The van der Waals surface area contributed by atoms with Crippen molar-refractivity contribution < 1.29 is 0 Å². The molecule has 98 valence electrons. The van der Waals surface area contributed by atoms with Crippen LogP contribution in [0.15, 0.2) is 73.0 Å². The van der Waals surface area contributed by atoms with E-state index in [9.17, 15) is 0 Å². The smallest absolute Gasteiger partial charge is 0.0485 e. The zero-order valence-corrected chi connectivity index (χ0v) is 11.8. The van der Waals surface area contributed by atoms with E-state index in [-0.39, 0.29) is 6.04 Å². The first-order chi connectivity index (χ1) is 8.69. The minimum Gasteiger partial charge on any atom is -0.379 e. The van der Waals surface area contributed by atoms with Crippen LogP contribution >= 0.6 is 0 Å². The van der Waals surface area contributed by atoms with Crippen molar-refractivity contribution in [3.8, 4) is 0 Å². The normalized spacial score (nSPS) is 15.1. The van der Waals surface area contributed by atoms with Crippen molar-refractivity contribution in [1.82, 2.24) is 5.32 Å². The third kappa shape index (κ3) is 6.74. The monoisotopic (exact) mass is 243 g/mol. The molecule has 1 heteroatoms. The molecule has 0 radical (unpaired) electrons. The third-order valence-electron chi connectivity index (χ3n) is 2.47. The van der Waals surface area contributed by atoms with Gasteiger partial charge in [0.25, 0.3) is 0 Å². The average molecular weight is 243 g/mol. The maximum Gasteiger partial charge on any atom is 0.0485 e. The summed E-state index contributed by atoms with van der Waals surface area (Å²) in [7, 11) is 0. The largest absolute Gasteiger partial charge is 0.379 e. The van der Waals surface area contributed by atoms with Crippen LogP contribution < -0.4 is 5.32 Å². The van der Waals surface area contributed by atoms with E-state index in [0.29, 0.717) is 0 Å². The Morgan fingerprint density at radius 2 is 1.89 bits per heavy atom.